The van der Waals surface area contributed by atoms with Gasteiger partial charge in [-0.2, -0.15) is 0 Å². The first-order valence-corrected chi connectivity index (χ1v) is 24.7. The summed E-state index contributed by atoms with van der Waals surface area (Å²) in [5.74, 6) is -0.873. The first-order chi connectivity index (χ1) is 27.5. The average molecular weight is 791 g/mol. The van der Waals surface area contributed by atoms with E-state index in [0.717, 1.165) is 70.6 Å². The van der Waals surface area contributed by atoms with Crippen molar-refractivity contribution in [2.24, 2.45) is 0 Å². The average Bonchev–Trinajstić information content (AvgIpc) is 3.19. The zero-order valence-electron chi connectivity index (χ0n) is 37.7. The first kappa shape index (κ1) is 54.2. The zero-order valence-corrected chi connectivity index (χ0v) is 37.7. The van der Waals surface area contributed by atoms with Gasteiger partial charge >= 0.3 is 17.9 Å². The van der Waals surface area contributed by atoms with Gasteiger partial charge in [0.25, 0.3) is 0 Å². The molecule has 56 heavy (non-hydrogen) atoms. The lowest BCUT2D eigenvalue weighted by molar-refractivity contribution is -0.167. The van der Waals surface area contributed by atoms with Gasteiger partial charge in [-0.3, -0.25) is 14.4 Å². The molecule has 0 spiro atoms. The SMILES string of the molecule is CCC/C=C\CCCCCCCC(=O)OC(COC(=O)CCCCCCCCCC)COC(=O)CCCCCCCCCCCCCCCCCCCCCC. The van der Waals surface area contributed by atoms with Gasteiger partial charge in [0.15, 0.2) is 6.10 Å². The lowest BCUT2D eigenvalue weighted by Crippen LogP contribution is -2.30. The largest absolute Gasteiger partial charge is 0.462 e. The number of carbonyl (C=O) groups excluding carboxylic acids is 3. The monoisotopic (exact) mass is 791 g/mol. The van der Waals surface area contributed by atoms with Crippen LogP contribution < -0.4 is 0 Å². The Morgan fingerprint density at radius 2 is 0.625 bits per heavy atom. The van der Waals surface area contributed by atoms with Gasteiger partial charge in [-0.05, 0) is 38.5 Å². The highest BCUT2D eigenvalue weighted by atomic mass is 16.6. The van der Waals surface area contributed by atoms with Crippen LogP contribution in [0.3, 0.4) is 0 Å². The van der Waals surface area contributed by atoms with Crippen molar-refractivity contribution < 1.29 is 28.6 Å². The molecule has 0 bridgehead atoms. The summed E-state index contributed by atoms with van der Waals surface area (Å²) in [6, 6.07) is 0. The first-order valence-electron chi connectivity index (χ1n) is 24.7. The van der Waals surface area contributed by atoms with Crippen LogP contribution in [-0.4, -0.2) is 37.2 Å². The van der Waals surface area contributed by atoms with Crippen molar-refractivity contribution in [3.63, 3.8) is 0 Å². The van der Waals surface area contributed by atoms with Gasteiger partial charge in [0.2, 0.25) is 0 Å². The molecule has 1 unspecified atom stereocenters. The number of esters is 3. The van der Waals surface area contributed by atoms with Crippen LogP contribution in [0.2, 0.25) is 0 Å². The van der Waals surface area contributed by atoms with Crippen molar-refractivity contribution >= 4 is 17.9 Å². The molecule has 0 saturated carbocycles. The van der Waals surface area contributed by atoms with Crippen LogP contribution in [0, 0.1) is 0 Å². The van der Waals surface area contributed by atoms with Gasteiger partial charge in [-0.1, -0.05) is 226 Å². The Hall–Kier alpha value is -1.85. The topological polar surface area (TPSA) is 78.9 Å². The third kappa shape index (κ3) is 43.3. The van der Waals surface area contributed by atoms with Crippen LogP contribution in [-0.2, 0) is 28.6 Å². The van der Waals surface area contributed by atoms with Crippen molar-refractivity contribution in [1.82, 2.24) is 0 Å². The van der Waals surface area contributed by atoms with E-state index in [-0.39, 0.29) is 31.1 Å². The van der Waals surface area contributed by atoms with Crippen LogP contribution in [0.15, 0.2) is 12.2 Å². The Kier molecular flexibility index (Phi) is 44.3. The second-order valence-corrected chi connectivity index (χ2v) is 16.7. The number of allylic oxidation sites excluding steroid dienone is 2. The number of hydrogen-bond donors (Lipinski definition) is 0. The summed E-state index contributed by atoms with van der Waals surface area (Å²) < 4.78 is 16.7. The molecule has 1 atom stereocenters. The summed E-state index contributed by atoms with van der Waals surface area (Å²) in [4.78, 5) is 37.7. The van der Waals surface area contributed by atoms with E-state index in [1.165, 1.54) is 161 Å². The molecule has 6 heteroatoms. The number of ether oxygens (including phenoxy) is 3. The summed E-state index contributed by atoms with van der Waals surface area (Å²) in [6.45, 7) is 6.57. The number of carbonyl (C=O) groups is 3. The number of hydrogen-bond acceptors (Lipinski definition) is 6. The molecule has 0 aromatic rings. The zero-order chi connectivity index (χ0) is 40.8. The van der Waals surface area contributed by atoms with Crippen LogP contribution in [0.4, 0.5) is 0 Å². The highest BCUT2D eigenvalue weighted by Crippen LogP contribution is 2.16. The van der Waals surface area contributed by atoms with E-state index >= 15 is 0 Å². The van der Waals surface area contributed by atoms with E-state index in [4.69, 9.17) is 14.2 Å². The van der Waals surface area contributed by atoms with Crippen molar-refractivity contribution in [3.05, 3.63) is 12.2 Å². The van der Waals surface area contributed by atoms with Gasteiger partial charge in [0, 0.05) is 19.3 Å². The summed E-state index contributed by atoms with van der Waals surface area (Å²) in [5, 5.41) is 0. The van der Waals surface area contributed by atoms with Crippen LogP contribution in [0.5, 0.6) is 0 Å². The maximum atomic E-state index is 12.7. The fraction of sp³-hybridized carbons (Fsp3) is 0.900. The predicted molar refractivity (Wildman–Crippen MR) is 238 cm³/mol. The molecule has 0 rings (SSSR count). The van der Waals surface area contributed by atoms with E-state index in [2.05, 4.69) is 32.9 Å². The molecule has 6 nitrogen and oxygen atoms in total. The Labute approximate surface area is 348 Å². The van der Waals surface area contributed by atoms with Crippen molar-refractivity contribution in [1.29, 1.82) is 0 Å². The standard InChI is InChI=1S/C50H94O6/c1-4-7-10-13-16-19-21-22-23-24-25-26-27-28-29-30-32-34-37-40-43-49(52)55-46-47(45-54-48(51)42-39-36-33-18-15-12-9-6-3)56-50(53)44-41-38-35-31-20-17-14-11-8-5-2/h11,14,47H,4-10,12-13,15-46H2,1-3H3/b14-11-. The quantitative estimate of drug-likeness (QED) is 0.0264. The van der Waals surface area contributed by atoms with Gasteiger partial charge < -0.3 is 14.2 Å². The van der Waals surface area contributed by atoms with E-state index in [1.54, 1.807) is 0 Å². The molecular formula is C50H94O6. The molecule has 0 aliphatic rings. The van der Waals surface area contributed by atoms with Gasteiger partial charge in [0.05, 0.1) is 0 Å². The molecule has 0 saturated heterocycles. The summed E-state index contributed by atoms with van der Waals surface area (Å²) in [5.41, 5.74) is 0. The van der Waals surface area contributed by atoms with Crippen LogP contribution in [0.1, 0.15) is 271 Å². The second kappa shape index (κ2) is 45.8. The molecule has 0 aromatic heterocycles. The summed E-state index contributed by atoms with van der Waals surface area (Å²) in [7, 11) is 0. The Bertz CT molecular complexity index is 870. The third-order valence-corrected chi connectivity index (χ3v) is 11.0. The molecule has 0 aliphatic heterocycles. The van der Waals surface area contributed by atoms with Crippen molar-refractivity contribution in [2.45, 2.75) is 277 Å². The molecule has 0 radical (unpaired) electrons. The molecule has 0 N–H and O–H groups in total. The number of rotatable bonds is 45. The predicted octanol–water partition coefficient (Wildman–Crippen LogP) is 15.8. The van der Waals surface area contributed by atoms with Gasteiger partial charge in [-0.25, -0.2) is 0 Å². The Morgan fingerprint density at radius 1 is 0.339 bits per heavy atom. The van der Waals surface area contributed by atoms with E-state index in [1.807, 2.05) is 0 Å². The minimum atomic E-state index is -0.765. The fourth-order valence-electron chi connectivity index (χ4n) is 7.27. The highest BCUT2D eigenvalue weighted by Gasteiger charge is 2.19. The summed E-state index contributed by atoms with van der Waals surface area (Å²) in [6.07, 6.45) is 49.3. The molecule has 0 fully saturated rings. The third-order valence-electron chi connectivity index (χ3n) is 11.0. The Morgan fingerprint density at radius 3 is 0.964 bits per heavy atom. The molecular weight excluding hydrogens is 697 g/mol. The van der Waals surface area contributed by atoms with E-state index < -0.39 is 6.10 Å². The van der Waals surface area contributed by atoms with Gasteiger partial charge in [0.1, 0.15) is 13.2 Å². The van der Waals surface area contributed by atoms with Crippen molar-refractivity contribution in [2.75, 3.05) is 13.2 Å². The normalized spacial score (nSPS) is 12.0. The summed E-state index contributed by atoms with van der Waals surface area (Å²) >= 11 is 0. The lowest BCUT2D eigenvalue weighted by Gasteiger charge is -2.18. The smallest absolute Gasteiger partial charge is 0.306 e. The highest BCUT2D eigenvalue weighted by molar-refractivity contribution is 5.71. The molecule has 0 amide bonds. The maximum Gasteiger partial charge on any atom is 0.306 e. The molecule has 330 valence electrons. The van der Waals surface area contributed by atoms with Crippen LogP contribution in [0.25, 0.3) is 0 Å². The van der Waals surface area contributed by atoms with Crippen LogP contribution >= 0.6 is 0 Å². The fourth-order valence-corrected chi connectivity index (χ4v) is 7.27. The molecule has 0 aliphatic carbocycles. The second-order valence-electron chi connectivity index (χ2n) is 16.7. The van der Waals surface area contributed by atoms with Crippen molar-refractivity contribution in [3.8, 4) is 0 Å². The van der Waals surface area contributed by atoms with Gasteiger partial charge in [-0.15, -0.1) is 0 Å². The maximum absolute atomic E-state index is 12.7. The molecule has 0 heterocycles. The lowest BCUT2D eigenvalue weighted by atomic mass is 10.0. The Balaban J connectivity index is 4.15. The minimum Gasteiger partial charge on any atom is -0.462 e. The molecule has 0 aromatic carbocycles. The van der Waals surface area contributed by atoms with E-state index in [0.29, 0.717) is 19.3 Å². The number of unbranched alkanes of at least 4 members (excludes halogenated alkanes) is 32. The minimum absolute atomic E-state index is 0.0691. The van der Waals surface area contributed by atoms with E-state index in [9.17, 15) is 14.4 Å².